The van der Waals surface area contributed by atoms with Crippen molar-refractivity contribution in [3.8, 4) is 22.8 Å². The van der Waals surface area contributed by atoms with E-state index in [1.807, 2.05) is 19.2 Å². The number of benzene rings is 2. The highest BCUT2D eigenvalue weighted by Crippen LogP contribution is 2.38. The normalized spacial score (nSPS) is 13.7. The molecule has 200 valence electrons. The monoisotopic (exact) mass is 525 g/mol. The molecule has 10 heteroatoms. The fourth-order valence-corrected chi connectivity index (χ4v) is 5.14. The zero-order valence-electron chi connectivity index (χ0n) is 22.5. The molecule has 0 unspecified atom stereocenters. The average molecular weight is 526 g/mol. The summed E-state index contributed by atoms with van der Waals surface area (Å²) in [6.07, 6.45) is 6.36. The van der Waals surface area contributed by atoms with Crippen LogP contribution in [0, 0.1) is 6.92 Å². The zero-order valence-corrected chi connectivity index (χ0v) is 22.5. The van der Waals surface area contributed by atoms with Gasteiger partial charge in [-0.15, -0.1) is 0 Å². The van der Waals surface area contributed by atoms with Gasteiger partial charge in [-0.2, -0.15) is 9.97 Å². The number of aromatic amines is 2. The summed E-state index contributed by atoms with van der Waals surface area (Å²) in [6.45, 7) is 1.95. The second kappa shape index (κ2) is 9.94. The van der Waals surface area contributed by atoms with Gasteiger partial charge in [0.2, 0.25) is 11.8 Å². The number of hydrogen-bond acceptors (Lipinski definition) is 7. The predicted octanol–water partition coefficient (Wildman–Crippen LogP) is 5.59. The molecular formula is C29H31N7O3. The van der Waals surface area contributed by atoms with Gasteiger partial charge >= 0.3 is 0 Å². The fraction of sp³-hybridized carbons (Fsp3) is 0.310. The Labute approximate surface area is 225 Å². The molecule has 10 nitrogen and oxygen atoms in total. The highest BCUT2D eigenvalue weighted by atomic mass is 16.5. The van der Waals surface area contributed by atoms with Crippen LogP contribution < -0.4 is 14.8 Å². The van der Waals surface area contributed by atoms with E-state index in [0.29, 0.717) is 34.5 Å². The largest absolute Gasteiger partial charge is 0.495 e. The van der Waals surface area contributed by atoms with Crippen LogP contribution in [0.1, 0.15) is 41.9 Å². The summed E-state index contributed by atoms with van der Waals surface area (Å²) < 4.78 is 12.1. The van der Waals surface area contributed by atoms with Crippen LogP contribution in [0.3, 0.4) is 0 Å². The van der Waals surface area contributed by atoms with Crippen LogP contribution in [0.2, 0.25) is 0 Å². The SMILES string of the molecule is COc1cc(C(=O)N(C)C)ccc1Nc1nc(OC2CCCC2)c2c(-c3ccc4nc(C)[nH]c4c3)c[nH]c2n1. The van der Waals surface area contributed by atoms with Crippen molar-refractivity contribution in [2.24, 2.45) is 0 Å². The predicted molar refractivity (Wildman–Crippen MR) is 151 cm³/mol. The van der Waals surface area contributed by atoms with Gasteiger partial charge in [0.25, 0.3) is 5.91 Å². The summed E-state index contributed by atoms with van der Waals surface area (Å²) in [5, 5.41) is 4.10. The van der Waals surface area contributed by atoms with Crippen molar-refractivity contribution in [2.75, 3.05) is 26.5 Å². The molecule has 5 aromatic rings. The quantitative estimate of drug-likeness (QED) is 0.253. The van der Waals surface area contributed by atoms with Crippen molar-refractivity contribution < 1.29 is 14.3 Å². The van der Waals surface area contributed by atoms with Gasteiger partial charge in [-0.1, -0.05) is 6.07 Å². The van der Waals surface area contributed by atoms with Crippen molar-refractivity contribution in [2.45, 2.75) is 38.7 Å². The number of fused-ring (bicyclic) bond motifs is 2. The molecule has 3 aromatic heterocycles. The van der Waals surface area contributed by atoms with Crippen LogP contribution in [-0.2, 0) is 0 Å². The first-order valence-electron chi connectivity index (χ1n) is 13.1. The molecule has 0 saturated heterocycles. The van der Waals surface area contributed by atoms with E-state index < -0.39 is 0 Å². The molecular weight excluding hydrogens is 494 g/mol. The number of aryl methyl sites for hydroxylation is 1. The molecule has 3 N–H and O–H groups in total. The molecule has 0 aliphatic heterocycles. The summed E-state index contributed by atoms with van der Waals surface area (Å²) in [7, 11) is 5.00. The summed E-state index contributed by atoms with van der Waals surface area (Å²) in [5.41, 5.74) is 5.71. The first-order valence-corrected chi connectivity index (χ1v) is 13.1. The van der Waals surface area contributed by atoms with Gasteiger partial charge in [0.1, 0.15) is 23.3 Å². The van der Waals surface area contributed by atoms with E-state index in [9.17, 15) is 4.79 Å². The number of methoxy groups -OCH3 is 1. The van der Waals surface area contributed by atoms with Gasteiger partial charge in [-0.05, 0) is 68.5 Å². The van der Waals surface area contributed by atoms with Gasteiger partial charge in [-0.25, -0.2) is 4.98 Å². The van der Waals surface area contributed by atoms with E-state index in [2.05, 4.69) is 32.4 Å². The standard InChI is InChI=1S/C29H31N7O3/c1-16-31-21-11-9-17(13-23(21)32-16)20-15-30-26-25(20)27(39-19-7-5-6-8-19)35-29(34-26)33-22-12-10-18(14-24(22)38-4)28(37)36(2)3/h9-15,19H,5-8H2,1-4H3,(H,31,32)(H2,30,33,34,35). The zero-order chi connectivity index (χ0) is 27.1. The average Bonchev–Trinajstić information content (AvgIpc) is 3.67. The van der Waals surface area contributed by atoms with Gasteiger partial charge < -0.3 is 29.7 Å². The number of ether oxygens (including phenoxy) is 2. The maximum Gasteiger partial charge on any atom is 0.253 e. The van der Waals surface area contributed by atoms with Gasteiger partial charge in [-0.3, -0.25) is 4.79 Å². The van der Waals surface area contributed by atoms with Crippen LogP contribution in [0.25, 0.3) is 33.2 Å². The molecule has 1 saturated carbocycles. The van der Waals surface area contributed by atoms with Crippen molar-refractivity contribution in [3.63, 3.8) is 0 Å². The number of anilines is 2. The minimum atomic E-state index is -0.104. The number of nitrogens with one attached hydrogen (secondary N) is 3. The molecule has 0 atom stereocenters. The van der Waals surface area contributed by atoms with Crippen LogP contribution in [0.5, 0.6) is 11.6 Å². The second-order valence-electron chi connectivity index (χ2n) is 10.1. The minimum absolute atomic E-state index is 0.104. The van der Waals surface area contributed by atoms with Gasteiger partial charge in [0.15, 0.2) is 0 Å². The first-order chi connectivity index (χ1) is 18.9. The molecule has 0 radical (unpaired) electrons. The smallest absolute Gasteiger partial charge is 0.253 e. The molecule has 3 heterocycles. The van der Waals surface area contributed by atoms with E-state index >= 15 is 0 Å². The number of H-pyrrole nitrogens is 2. The Bertz CT molecular complexity index is 1680. The number of carbonyl (C=O) groups is 1. The van der Waals surface area contributed by atoms with E-state index in [4.69, 9.17) is 19.4 Å². The lowest BCUT2D eigenvalue weighted by atomic mass is 10.1. The van der Waals surface area contributed by atoms with Crippen LogP contribution in [-0.4, -0.2) is 63.0 Å². The number of aromatic nitrogens is 5. The van der Waals surface area contributed by atoms with Crippen molar-refractivity contribution in [3.05, 3.63) is 54.0 Å². The highest BCUT2D eigenvalue weighted by molar-refractivity contribution is 5.99. The van der Waals surface area contributed by atoms with Crippen molar-refractivity contribution in [1.82, 2.24) is 29.8 Å². The lowest BCUT2D eigenvalue weighted by Crippen LogP contribution is -2.21. The number of carbonyl (C=O) groups excluding carboxylic acids is 1. The van der Waals surface area contributed by atoms with Crippen molar-refractivity contribution >= 4 is 39.6 Å². The minimum Gasteiger partial charge on any atom is -0.495 e. The van der Waals surface area contributed by atoms with Crippen LogP contribution in [0.4, 0.5) is 11.6 Å². The Morgan fingerprint density at radius 2 is 1.90 bits per heavy atom. The third kappa shape index (κ3) is 4.73. The van der Waals surface area contributed by atoms with E-state index in [0.717, 1.165) is 59.1 Å². The number of imidazole rings is 1. The number of hydrogen-bond donors (Lipinski definition) is 3. The Balaban J connectivity index is 1.41. The third-order valence-electron chi connectivity index (χ3n) is 7.09. The number of amides is 1. The number of nitrogens with zero attached hydrogens (tertiary/aromatic N) is 4. The third-order valence-corrected chi connectivity index (χ3v) is 7.09. The summed E-state index contributed by atoms with van der Waals surface area (Å²) in [6, 6.07) is 11.4. The topological polar surface area (TPSA) is 121 Å². The van der Waals surface area contributed by atoms with Crippen LogP contribution in [0.15, 0.2) is 42.6 Å². The van der Waals surface area contributed by atoms with E-state index in [-0.39, 0.29) is 12.0 Å². The van der Waals surface area contributed by atoms with Gasteiger partial charge in [0.05, 0.1) is 29.2 Å². The molecule has 1 amide bonds. The molecule has 1 fully saturated rings. The lowest BCUT2D eigenvalue weighted by Gasteiger charge is -2.16. The molecule has 0 bridgehead atoms. The molecule has 39 heavy (non-hydrogen) atoms. The van der Waals surface area contributed by atoms with E-state index in [1.165, 1.54) is 4.90 Å². The summed E-state index contributed by atoms with van der Waals surface area (Å²) >= 11 is 0. The fourth-order valence-electron chi connectivity index (χ4n) is 5.14. The van der Waals surface area contributed by atoms with Crippen LogP contribution >= 0.6 is 0 Å². The van der Waals surface area contributed by atoms with Gasteiger partial charge in [0, 0.05) is 31.4 Å². The number of rotatable bonds is 7. The summed E-state index contributed by atoms with van der Waals surface area (Å²) in [4.78, 5) is 34.7. The van der Waals surface area contributed by atoms with Crippen molar-refractivity contribution in [1.29, 1.82) is 0 Å². The Morgan fingerprint density at radius 1 is 1.08 bits per heavy atom. The maximum atomic E-state index is 12.4. The molecule has 0 spiro atoms. The first kappa shape index (κ1) is 24.7. The molecule has 1 aliphatic rings. The Kier molecular flexibility index (Phi) is 6.30. The molecule has 6 rings (SSSR count). The lowest BCUT2D eigenvalue weighted by molar-refractivity contribution is 0.0827. The maximum absolute atomic E-state index is 12.4. The van der Waals surface area contributed by atoms with E-state index in [1.54, 1.807) is 39.4 Å². The molecule has 1 aliphatic carbocycles. The Hall–Kier alpha value is -4.60. The summed E-state index contributed by atoms with van der Waals surface area (Å²) in [5.74, 6) is 2.19. The molecule has 2 aromatic carbocycles. The Morgan fingerprint density at radius 3 is 2.67 bits per heavy atom. The highest BCUT2D eigenvalue weighted by Gasteiger charge is 2.23. The second-order valence-corrected chi connectivity index (χ2v) is 10.1.